The molecule has 13 heavy (non-hydrogen) atoms. The molecule has 0 aromatic heterocycles. The van der Waals surface area contributed by atoms with Gasteiger partial charge in [-0.1, -0.05) is 31.1 Å². The van der Waals surface area contributed by atoms with Gasteiger partial charge in [0.15, 0.2) is 0 Å². The molecule has 1 rings (SSSR count). The van der Waals surface area contributed by atoms with Crippen molar-refractivity contribution in [3.63, 3.8) is 0 Å². The van der Waals surface area contributed by atoms with Crippen LogP contribution in [0, 0.1) is 0 Å². The summed E-state index contributed by atoms with van der Waals surface area (Å²) in [5, 5.41) is 3.21. The van der Waals surface area contributed by atoms with Crippen LogP contribution in [-0.2, 0) is 4.74 Å². The molecule has 1 fully saturated rings. The van der Waals surface area contributed by atoms with E-state index >= 15 is 0 Å². The van der Waals surface area contributed by atoms with Crippen LogP contribution in [0.15, 0.2) is 36.0 Å². The Morgan fingerprint density at radius 1 is 1.85 bits per heavy atom. The van der Waals surface area contributed by atoms with E-state index in [1.165, 1.54) is 0 Å². The second-order valence-corrected chi connectivity index (χ2v) is 2.90. The molecule has 1 saturated heterocycles. The first-order valence-electron chi connectivity index (χ1n) is 4.45. The van der Waals surface area contributed by atoms with Crippen LogP contribution in [-0.4, -0.2) is 20.6 Å². The van der Waals surface area contributed by atoms with Gasteiger partial charge in [-0.3, -0.25) is 5.32 Å². The molecule has 0 saturated carbocycles. The Hall–Kier alpha value is -0.955. The summed E-state index contributed by atoms with van der Waals surface area (Å²) in [7, 11) is 5.54. The van der Waals surface area contributed by atoms with E-state index in [4.69, 9.17) is 12.6 Å². The van der Waals surface area contributed by atoms with Crippen molar-refractivity contribution in [3.8, 4) is 0 Å². The molecule has 0 aliphatic carbocycles. The van der Waals surface area contributed by atoms with Gasteiger partial charge < -0.3 is 4.74 Å². The maximum absolute atomic E-state index is 5.54. The molecule has 68 valence electrons. The number of nitrogens with one attached hydrogen (secondary N) is 1. The van der Waals surface area contributed by atoms with Crippen LogP contribution in [0.5, 0.6) is 0 Å². The summed E-state index contributed by atoms with van der Waals surface area (Å²) in [5.41, 5.74) is 0.649. The van der Waals surface area contributed by atoms with Gasteiger partial charge in [0.25, 0.3) is 0 Å². The minimum atomic E-state index is 0.157. The first kappa shape index (κ1) is 10.1. The monoisotopic (exact) mass is 175 g/mol. The number of allylic oxidation sites excluding steroid dienone is 4. The van der Waals surface area contributed by atoms with Crippen molar-refractivity contribution in [1.29, 1.82) is 0 Å². The normalized spacial score (nSPS) is 26.1. The summed E-state index contributed by atoms with van der Waals surface area (Å²) >= 11 is 0. The number of hydrogen-bond acceptors (Lipinski definition) is 2. The Bertz CT molecular complexity index is 245. The summed E-state index contributed by atoms with van der Waals surface area (Å²) in [6.07, 6.45) is 6.40. The van der Waals surface area contributed by atoms with Crippen molar-refractivity contribution in [2.24, 2.45) is 0 Å². The van der Waals surface area contributed by atoms with E-state index in [-0.39, 0.29) is 6.23 Å². The van der Waals surface area contributed by atoms with Crippen molar-refractivity contribution in [2.45, 2.75) is 19.6 Å². The Balaban J connectivity index is 2.50. The quantitative estimate of drug-likeness (QED) is 0.517. The van der Waals surface area contributed by atoms with Crippen molar-refractivity contribution in [3.05, 3.63) is 36.0 Å². The van der Waals surface area contributed by atoms with E-state index in [1.54, 1.807) is 12.2 Å². The van der Waals surface area contributed by atoms with Gasteiger partial charge in [-0.05, 0) is 12.5 Å². The fourth-order valence-corrected chi connectivity index (χ4v) is 1.06. The average Bonchev–Trinajstić information content (AvgIpc) is 2.61. The fourth-order valence-electron chi connectivity index (χ4n) is 1.06. The van der Waals surface area contributed by atoms with Crippen LogP contribution in [0.3, 0.4) is 0 Å². The molecule has 1 heterocycles. The van der Waals surface area contributed by atoms with E-state index < -0.39 is 0 Å². The summed E-state index contributed by atoms with van der Waals surface area (Å²) in [5.74, 6) is 0.927. The number of hydrogen-bond donors (Lipinski definition) is 1. The Labute approximate surface area is 80.8 Å². The van der Waals surface area contributed by atoms with Gasteiger partial charge in [0, 0.05) is 0 Å². The highest BCUT2D eigenvalue weighted by molar-refractivity contribution is 6.23. The van der Waals surface area contributed by atoms with E-state index in [0.717, 1.165) is 18.7 Å². The largest absolute Gasteiger partial charge is 0.478 e. The molecule has 1 atom stereocenters. The summed E-state index contributed by atoms with van der Waals surface area (Å²) < 4.78 is 5.52. The van der Waals surface area contributed by atoms with Crippen molar-refractivity contribution in [1.82, 2.24) is 5.32 Å². The van der Waals surface area contributed by atoms with Crippen LogP contribution >= 0.6 is 0 Å². The van der Waals surface area contributed by atoms with Gasteiger partial charge in [0.05, 0.1) is 6.54 Å². The van der Waals surface area contributed by atoms with Gasteiger partial charge in [0.1, 0.15) is 19.8 Å². The topological polar surface area (TPSA) is 21.3 Å². The maximum atomic E-state index is 5.54. The highest BCUT2D eigenvalue weighted by Gasteiger charge is 2.16. The zero-order chi connectivity index (χ0) is 9.68. The first-order chi connectivity index (χ1) is 6.26. The van der Waals surface area contributed by atoms with Crippen LogP contribution in [0.2, 0.25) is 0 Å². The van der Waals surface area contributed by atoms with Gasteiger partial charge in [-0.25, -0.2) is 0 Å². The third-order valence-electron chi connectivity index (χ3n) is 1.87. The Morgan fingerprint density at radius 2 is 2.62 bits per heavy atom. The van der Waals surface area contributed by atoms with Crippen molar-refractivity contribution < 1.29 is 4.74 Å². The van der Waals surface area contributed by atoms with Gasteiger partial charge in [-0.2, -0.15) is 0 Å². The third kappa shape index (κ3) is 3.11. The van der Waals surface area contributed by atoms with E-state index in [1.807, 2.05) is 6.08 Å². The maximum Gasteiger partial charge on any atom is 0.149 e. The molecule has 0 aromatic carbocycles. The summed E-state index contributed by atoms with van der Waals surface area (Å²) in [4.78, 5) is 0. The lowest BCUT2D eigenvalue weighted by atomic mass is 9.95. The standard InChI is InChI=1S/C10H14BNO/c1-3-8(11)5-6-9-7-12-10(4-2)13-9/h3,5-6,10,12H,1,4,7H2,2H3/b8-5+,9-6+. The molecule has 0 bridgehead atoms. The SMILES string of the molecule is [B]/C(C=C)=C/C=C1\CNC(CC)O1. The van der Waals surface area contributed by atoms with Crippen LogP contribution < -0.4 is 5.32 Å². The Morgan fingerprint density at radius 3 is 3.15 bits per heavy atom. The Kier molecular flexibility index (Phi) is 3.84. The second kappa shape index (κ2) is 4.92. The van der Waals surface area contributed by atoms with Crippen LogP contribution in [0.25, 0.3) is 0 Å². The zero-order valence-electron chi connectivity index (χ0n) is 7.92. The van der Waals surface area contributed by atoms with E-state index in [0.29, 0.717) is 5.47 Å². The minimum absolute atomic E-state index is 0.157. The summed E-state index contributed by atoms with van der Waals surface area (Å²) in [6, 6.07) is 0. The molecule has 0 amide bonds. The van der Waals surface area contributed by atoms with E-state index in [9.17, 15) is 0 Å². The van der Waals surface area contributed by atoms with Gasteiger partial charge in [0.2, 0.25) is 0 Å². The molecule has 0 spiro atoms. The average molecular weight is 175 g/mol. The first-order valence-corrected chi connectivity index (χ1v) is 4.45. The summed E-state index contributed by atoms with van der Waals surface area (Å²) in [6.45, 7) is 6.41. The molecular formula is C10H14BNO. The van der Waals surface area contributed by atoms with E-state index in [2.05, 4.69) is 18.8 Å². The highest BCUT2D eigenvalue weighted by atomic mass is 16.5. The molecular weight excluding hydrogens is 161 g/mol. The molecule has 3 heteroatoms. The van der Waals surface area contributed by atoms with Crippen molar-refractivity contribution >= 4 is 7.85 Å². The minimum Gasteiger partial charge on any atom is -0.478 e. The molecule has 0 aromatic rings. The number of ether oxygens (including phenoxy) is 1. The molecule has 1 aliphatic rings. The molecule has 1 N–H and O–H groups in total. The predicted octanol–water partition coefficient (Wildman–Crippen LogP) is 1.46. The predicted molar refractivity (Wildman–Crippen MR) is 55.3 cm³/mol. The third-order valence-corrected chi connectivity index (χ3v) is 1.87. The lowest BCUT2D eigenvalue weighted by Gasteiger charge is -2.05. The van der Waals surface area contributed by atoms with Gasteiger partial charge in [-0.15, -0.1) is 0 Å². The number of rotatable bonds is 3. The highest BCUT2D eigenvalue weighted by Crippen LogP contribution is 2.11. The van der Waals surface area contributed by atoms with Crippen molar-refractivity contribution in [2.75, 3.05) is 6.54 Å². The van der Waals surface area contributed by atoms with Gasteiger partial charge >= 0.3 is 0 Å². The van der Waals surface area contributed by atoms with Crippen LogP contribution in [0.1, 0.15) is 13.3 Å². The lowest BCUT2D eigenvalue weighted by molar-refractivity contribution is 0.142. The molecule has 1 unspecified atom stereocenters. The molecule has 2 radical (unpaired) electrons. The lowest BCUT2D eigenvalue weighted by Crippen LogP contribution is -2.20. The second-order valence-electron chi connectivity index (χ2n) is 2.90. The van der Waals surface area contributed by atoms with Crippen LogP contribution in [0.4, 0.5) is 0 Å². The fraction of sp³-hybridized carbons (Fsp3) is 0.400. The molecule has 2 nitrogen and oxygen atoms in total. The smallest absolute Gasteiger partial charge is 0.149 e. The molecule has 1 aliphatic heterocycles. The zero-order valence-corrected chi connectivity index (χ0v) is 7.92.